The van der Waals surface area contributed by atoms with Crippen LogP contribution >= 0.6 is 0 Å². The van der Waals surface area contributed by atoms with Crippen molar-refractivity contribution < 1.29 is 4.79 Å². The van der Waals surface area contributed by atoms with Gasteiger partial charge in [0.25, 0.3) is 0 Å². The van der Waals surface area contributed by atoms with Crippen molar-refractivity contribution in [1.82, 2.24) is 19.9 Å². The molecule has 3 aromatic rings. The van der Waals surface area contributed by atoms with Gasteiger partial charge in [-0.2, -0.15) is 4.98 Å². The zero-order chi connectivity index (χ0) is 14.1. The van der Waals surface area contributed by atoms with Crippen LogP contribution in [-0.2, 0) is 4.79 Å². The van der Waals surface area contributed by atoms with Gasteiger partial charge in [0.2, 0.25) is 11.9 Å². The maximum atomic E-state index is 11.1. The van der Waals surface area contributed by atoms with Crippen LogP contribution in [0.5, 0.6) is 0 Å². The van der Waals surface area contributed by atoms with Crippen LogP contribution in [0.15, 0.2) is 30.6 Å². The molecule has 20 heavy (non-hydrogen) atoms. The van der Waals surface area contributed by atoms with Crippen molar-refractivity contribution in [1.29, 1.82) is 0 Å². The third kappa shape index (κ3) is 2.16. The molecule has 0 aliphatic heterocycles. The van der Waals surface area contributed by atoms with Gasteiger partial charge < -0.3 is 16.0 Å². The molecule has 100 valence electrons. The molecule has 2 aromatic heterocycles. The van der Waals surface area contributed by atoms with Gasteiger partial charge in [-0.25, -0.2) is 9.97 Å². The van der Waals surface area contributed by atoms with Crippen LogP contribution in [0.2, 0.25) is 0 Å². The lowest BCUT2D eigenvalue weighted by molar-refractivity contribution is -0.114. The normalized spacial score (nSPS) is 10.7. The standard InChI is InChI=1S/C13H12N6O/c1-7(20)17-9-4-2-3-8(5-9)10-11-12(16-6-15-11)19-13(14)18-10/h2-6H,1H3,(H,17,20)(H3,14,15,16,18,19). The predicted octanol–water partition coefficient (Wildman–Crippen LogP) is 1.56. The van der Waals surface area contributed by atoms with Crippen molar-refractivity contribution in [3.63, 3.8) is 0 Å². The zero-order valence-corrected chi connectivity index (χ0v) is 10.7. The number of carbonyl (C=O) groups is 1. The van der Waals surface area contributed by atoms with Crippen molar-refractivity contribution in [3.05, 3.63) is 30.6 Å². The van der Waals surface area contributed by atoms with Gasteiger partial charge in [0.15, 0.2) is 5.65 Å². The summed E-state index contributed by atoms with van der Waals surface area (Å²) in [5.41, 5.74) is 9.08. The molecule has 0 saturated carbocycles. The first-order valence-electron chi connectivity index (χ1n) is 5.98. The first-order valence-corrected chi connectivity index (χ1v) is 5.98. The van der Waals surface area contributed by atoms with E-state index in [0.717, 1.165) is 5.56 Å². The fourth-order valence-electron chi connectivity index (χ4n) is 2.01. The number of carbonyl (C=O) groups excluding carboxylic acids is 1. The number of nitrogens with two attached hydrogens (primary N) is 1. The largest absolute Gasteiger partial charge is 0.368 e. The van der Waals surface area contributed by atoms with Crippen LogP contribution < -0.4 is 11.1 Å². The molecule has 0 aliphatic carbocycles. The second-order valence-electron chi connectivity index (χ2n) is 4.29. The molecular weight excluding hydrogens is 256 g/mol. The number of amides is 1. The fraction of sp³-hybridized carbons (Fsp3) is 0.0769. The van der Waals surface area contributed by atoms with Crippen molar-refractivity contribution >= 4 is 28.7 Å². The third-order valence-corrected chi connectivity index (χ3v) is 2.76. The van der Waals surface area contributed by atoms with Crippen molar-refractivity contribution in [2.45, 2.75) is 6.92 Å². The van der Waals surface area contributed by atoms with E-state index < -0.39 is 0 Å². The van der Waals surface area contributed by atoms with Gasteiger partial charge in [-0.1, -0.05) is 12.1 Å². The molecule has 2 heterocycles. The Hall–Kier alpha value is -2.96. The van der Waals surface area contributed by atoms with E-state index in [0.29, 0.717) is 22.5 Å². The van der Waals surface area contributed by atoms with E-state index >= 15 is 0 Å². The average molecular weight is 268 g/mol. The van der Waals surface area contributed by atoms with Gasteiger partial charge in [0, 0.05) is 18.2 Å². The van der Waals surface area contributed by atoms with Gasteiger partial charge in [-0.15, -0.1) is 0 Å². The number of rotatable bonds is 2. The summed E-state index contributed by atoms with van der Waals surface area (Å²) in [6.07, 6.45) is 1.54. The number of aromatic nitrogens is 4. The van der Waals surface area contributed by atoms with Gasteiger partial charge >= 0.3 is 0 Å². The van der Waals surface area contributed by atoms with Crippen LogP contribution in [0.25, 0.3) is 22.4 Å². The first-order chi connectivity index (χ1) is 9.63. The summed E-state index contributed by atoms with van der Waals surface area (Å²) in [6.45, 7) is 1.46. The summed E-state index contributed by atoms with van der Waals surface area (Å²) in [5, 5.41) is 2.73. The van der Waals surface area contributed by atoms with Crippen molar-refractivity contribution in [2.75, 3.05) is 11.1 Å². The highest BCUT2D eigenvalue weighted by Gasteiger charge is 2.11. The molecule has 0 radical (unpaired) electrons. The van der Waals surface area contributed by atoms with Crippen LogP contribution in [0, 0.1) is 0 Å². The number of imidazole rings is 1. The van der Waals surface area contributed by atoms with Gasteiger partial charge in [-0.3, -0.25) is 4.79 Å². The lowest BCUT2D eigenvalue weighted by Gasteiger charge is -2.06. The fourth-order valence-corrected chi connectivity index (χ4v) is 2.01. The number of hydrogen-bond acceptors (Lipinski definition) is 5. The Morgan fingerprint density at radius 3 is 3.00 bits per heavy atom. The minimum atomic E-state index is -0.129. The van der Waals surface area contributed by atoms with Gasteiger partial charge in [0.05, 0.1) is 6.33 Å². The topological polar surface area (TPSA) is 110 Å². The number of anilines is 2. The van der Waals surface area contributed by atoms with E-state index in [9.17, 15) is 4.79 Å². The van der Waals surface area contributed by atoms with Gasteiger partial charge in [0.1, 0.15) is 11.2 Å². The van der Waals surface area contributed by atoms with Crippen LogP contribution in [-0.4, -0.2) is 25.8 Å². The highest BCUT2D eigenvalue weighted by atomic mass is 16.1. The molecule has 1 amide bonds. The Kier molecular flexibility index (Phi) is 2.79. The third-order valence-electron chi connectivity index (χ3n) is 2.76. The molecule has 1 aromatic carbocycles. The van der Waals surface area contributed by atoms with Crippen molar-refractivity contribution in [2.24, 2.45) is 0 Å². The minimum Gasteiger partial charge on any atom is -0.368 e. The molecule has 0 aliphatic rings. The molecule has 0 bridgehead atoms. The maximum Gasteiger partial charge on any atom is 0.222 e. The number of aromatic amines is 1. The van der Waals surface area contributed by atoms with Gasteiger partial charge in [-0.05, 0) is 12.1 Å². The molecule has 0 fully saturated rings. The summed E-state index contributed by atoms with van der Waals surface area (Å²) in [6, 6.07) is 7.34. The second kappa shape index (κ2) is 4.61. The van der Waals surface area contributed by atoms with E-state index in [4.69, 9.17) is 5.73 Å². The molecular formula is C13H12N6O. The number of nitrogen functional groups attached to an aromatic ring is 1. The molecule has 0 unspecified atom stereocenters. The Labute approximate surface area is 114 Å². The number of H-pyrrole nitrogens is 1. The number of nitrogens with one attached hydrogen (secondary N) is 2. The minimum absolute atomic E-state index is 0.129. The summed E-state index contributed by atoms with van der Waals surface area (Å²) in [5.74, 6) is 0.0283. The Morgan fingerprint density at radius 2 is 2.20 bits per heavy atom. The summed E-state index contributed by atoms with van der Waals surface area (Å²) in [4.78, 5) is 26.5. The van der Waals surface area contributed by atoms with Crippen LogP contribution in [0.1, 0.15) is 6.92 Å². The Morgan fingerprint density at radius 1 is 1.35 bits per heavy atom. The van der Waals surface area contributed by atoms with Crippen LogP contribution in [0.4, 0.5) is 11.6 Å². The van der Waals surface area contributed by atoms with E-state index in [1.807, 2.05) is 18.2 Å². The number of nitrogens with zero attached hydrogens (tertiary/aromatic N) is 3. The summed E-state index contributed by atoms with van der Waals surface area (Å²) >= 11 is 0. The lowest BCUT2D eigenvalue weighted by Crippen LogP contribution is -2.05. The summed E-state index contributed by atoms with van der Waals surface area (Å²) < 4.78 is 0. The average Bonchev–Trinajstić information content (AvgIpc) is 2.85. The maximum absolute atomic E-state index is 11.1. The van der Waals surface area contributed by atoms with E-state index in [-0.39, 0.29) is 11.9 Å². The molecule has 7 heteroatoms. The number of hydrogen-bond donors (Lipinski definition) is 3. The van der Waals surface area contributed by atoms with E-state index in [1.54, 1.807) is 12.4 Å². The zero-order valence-electron chi connectivity index (χ0n) is 10.7. The summed E-state index contributed by atoms with van der Waals surface area (Å²) in [7, 11) is 0. The molecule has 0 saturated heterocycles. The highest BCUT2D eigenvalue weighted by Crippen LogP contribution is 2.26. The Balaban J connectivity index is 2.15. The molecule has 3 rings (SSSR count). The van der Waals surface area contributed by atoms with E-state index in [2.05, 4.69) is 25.3 Å². The molecule has 0 spiro atoms. The molecule has 0 atom stereocenters. The smallest absolute Gasteiger partial charge is 0.222 e. The highest BCUT2D eigenvalue weighted by molar-refractivity contribution is 5.92. The molecule has 4 N–H and O–H groups in total. The predicted molar refractivity (Wildman–Crippen MR) is 75.8 cm³/mol. The SMILES string of the molecule is CC(=O)Nc1cccc(-c2nc(N)nc3nc[nH]c23)c1. The quantitative estimate of drug-likeness (QED) is 0.653. The number of benzene rings is 1. The van der Waals surface area contributed by atoms with Crippen LogP contribution in [0.3, 0.4) is 0 Å². The second-order valence-corrected chi connectivity index (χ2v) is 4.29. The molecule has 7 nitrogen and oxygen atoms in total. The monoisotopic (exact) mass is 268 g/mol. The lowest BCUT2D eigenvalue weighted by atomic mass is 10.1. The van der Waals surface area contributed by atoms with Crippen molar-refractivity contribution in [3.8, 4) is 11.3 Å². The number of fused-ring (bicyclic) bond motifs is 1. The first kappa shape index (κ1) is 12.1. The Bertz CT molecular complexity index is 794. The van der Waals surface area contributed by atoms with E-state index in [1.165, 1.54) is 6.92 Å².